The van der Waals surface area contributed by atoms with Gasteiger partial charge >= 0.3 is 0 Å². The molecule has 0 saturated heterocycles. The first-order valence-electron chi connectivity index (χ1n) is 10.3. The lowest BCUT2D eigenvalue weighted by molar-refractivity contribution is -0.130. The third-order valence-electron chi connectivity index (χ3n) is 6.82. The highest BCUT2D eigenvalue weighted by Gasteiger charge is 2.54. The van der Waals surface area contributed by atoms with Gasteiger partial charge in [-0.05, 0) is 87.1 Å². The van der Waals surface area contributed by atoms with Gasteiger partial charge < -0.3 is 5.32 Å². The van der Waals surface area contributed by atoms with Crippen molar-refractivity contribution in [2.24, 2.45) is 17.8 Å². The molecule has 2 aliphatic rings. The fraction of sp³-hybridized carbons (Fsp3) is 0.565. The predicted molar refractivity (Wildman–Crippen MR) is 106 cm³/mol. The normalized spacial score (nSPS) is 30.6. The van der Waals surface area contributed by atoms with E-state index in [0.29, 0.717) is 18.8 Å². The van der Waals surface area contributed by atoms with Crippen molar-refractivity contribution in [2.75, 3.05) is 0 Å². The number of alkyl halides is 1. The number of halogens is 2. The molecule has 2 aliphatic carbocycles. The van der Waals surface area contributed by atoms with Crippen molar-refractivity contribution in [3.63, 3.8) is 0 Å². The molecule has 0 radical (unpaired) electrons. The number of hydrogen-bond acceptors (Lipinski definition) is 2. The zero-order valence-electron chi connectivity index (χ0n) is 16.7. The molecule has 1 aromatic carbocycles. The van der Waals surface area contributed by atoms with Gasteiger partial charge in [0.1, 0.15) is 11.5 Å². The summed E-state index contributed by atoms with van der Waals surface area (Å²) in [4.78, 5) is 16.7. The van der Waals surface area contributed by atoms with Crippen molar-refractivity contribution in [2.45, 2.75) is 64.1 Å². The molecule has 28 heavy (non-hydrogen) atoms. The molecule has 1 aromatic heterocycles. The molecule has 150 valence electrons. The Morgan fingerprint density at radius 3 is 2.50 bits per heavy atom. The van der Waals surface area contributed by atoms with E-state index in [2.05, 4.69) is 10.3 Å². The van der Waals surface area contributed by atoms with E-state index in [1.807, 2.05) is 19.9 Å². The molecule has 0 bridgehead atoms. The summed E-state index contributed by atoms with van der Waals surface area (Å²) >= 11 is 0. The van der Waals surface area contributed by atoms with E-state index < -0.39 is 11.6 Å². The van der Waals surface area contributed by atoms with Gasteiger partial charge in [-0.3, -0.25) is 9.78 Å². The second-order valence-corrected chi connectivity index (χ2v) is 9.08. The second kappa shape index (κ2) is 7.09. The van der Waals surface area contributed by atoms with Gasteiger partial charge in [-0.25, -0.2) is 8.78 Å². The molecule has 3 unspecified atom stereocenters. The first-order chi connectivity index (χ1) is 13.3. The molecule has 1 heterocycles. The monoisotopic (exact) mass is 386 g/mol. The summed E-state index contributed by atoms with van der Waals surface area (Å²) in [6.45, 7) is 5.51. The molecule has 1 amide bonds. The van der Waals surface area contributed by atoms with Crippen LogP contribution in [0, 0.1) is 23.6 Å². The van der Waals surface area contributed by atoms with Crippen molar-refractivity contribution in [1.29, 1.82) is 0 Å². The molecule has 0 spiro atoms. The van der Waals surface area contributed by atoms with Crippen LogP contribution in [0.5, 0.6) is 0 Å². The Labute approximate surface area is 164 Å². The van der Waals surface area contributed by atoms with Gasteiger partial charge in [-0.1, -0.05) is 6.92 Å². The van der Waals surface area contributed by atoms with Crippen LogP contribution in [0.25, 0.3) is 10.9 Å². The van der Waals surface area contributed by atoms with Gasteiger partial charge in [0.15, 0.2) is 0 Å². The second-order valence-electron chi connectivity index (χ2n) is 9.08. The standard InChI is InChI=1S/C23H28F2N2O/c1-13(2)27-22(28)14(3)23(25)11-16-8-15(9-17(16)12-23)19-6-7-26-21-5-4-18(24)10-20(19)21/h4-7,10,13-17H,8-9,11-12H2,1-3H3,(H,27,28). The fourth-order valence-corrected chi connectivity index (χ4v) is 5.41. The molecule has 3 atom stereocenters. The number of benzene rings is 1. The topological polar surface area (TPSA) is 42.0 Å². The summed E-state index contributed by atoms with van der Waals surface area (Å²) in [6.07, 6.45) is 4.45. The Morgan fingerprint density at radius 2 is 1.86 bits per heavy atom. The van der Waals surface area contributed by atoms with Gasteiger partial charge in [0.05, 0.1) is 11.4 Å². The number of nitrogens with one attached hydrogen (secondary N) is 1. The first-order valence-corrected chi connectivity index (χ1v) is 10.3. The lowest BCUT2D eigenvalue weighted by Gasteiger charge is -2.28. The Bertz CT molecular complexity index is 883. The van der Waals surface area contributed by atoms with E-state index in [1.165, 1.54) is 6.07 Å². The maximum atomic E-state index is 15.6. The van der Waals surface area contributed by atoms with Crippen molar-refractivity contribution >= 4 is 16.8 Å². The Balaban J connectivity index is 1.50. The van der Waals surface area contributed by atoms with Crippen LogP contribution in [0.15, 0.2) is 30.5 Å². The smallest absolute Gasteiger partial charge is 0.226 e. The highest BCUT2D eigenvalue weighted by Crippen LogP contribution is 2.57. The van der Waals surface area contributed by atoms with Crippen molar-refractivity contribution < 1.29 is 13.6 Å². The van der Waals surface area contributed by atoms with E-state index in [4.69, 9.17) is 0 Å². The summed E-state index contributed by atoms with van der Waals surface area (Å²) in [5.74, 6) is -0.221. The van der Waals surface area contributed by atoms with Gasteiger partial charge in [0, 0.05) is 17.6 Å². The number of rotatable bonds is 4. The number of aromatic nitrogens is 1. The number of carbonyl (C=O) groups is 1. The summed E-state index contributed by atoms with van der Waals surface area (Å²) in [5.41, 5.74) is 0.495. The largest absolute Gasteiger partial charge is 0.354 e. The van der Waals surface area contributed by atoms with Crippen LogP contribution in [0.4, 0.5) is 8.78 Å². The highest BCUT2D eigenvalue weighted by atomic mass is 19.1. The minimum atomic E-state index is -1.42. The van der Waals surface area contributed by atoms with Gasteiger partial charge in [-0.2, -0.15) is 0 Å². The first kappa shape index (κ1) is 19.3. The Kier molecular flexibility index (Phi) is 4.88. The molecular weight excluding hydrogens is 358 g/mol. The Morgan fingerprint density at radius 1 is 1.18 bits per heavy atom. The zero-order chi connectivity index (χ0) is 20.1. The van der Waals surface area contributed by atoms with Crippen LogP contribution in [0.2, 0.25) is 0 Å². The van der Waals surface area contributed by atoms with Crippen LogP contribution in [-0.2, 0) is 4.79 Å². The molecule has 5 heteroatoms. The minimum Gasteiger partial charge on any atom is -0.354 e. The van der Waals surface area contributed by atoms with Crippen LogP contribution in [0.1, 0.15) is 57.9 Å². The minimum absolute atomic E-state index is 0.0178. The Hall–Kier alpha value is -2.04. The molecule has 2 aromatic rings. The average Bonchev–Trinajstić information content (AvgIpc) is 3.15. The lowest BCUT2D eigenvalue weighted by atomic mass is 9.83. The third-order valence-corrected chi connectivity index (χ3v) is 6.82. The highest BCUT2D eigenvalue weighted by molar-refractivity contribution is 5.82. The van der Waals surface area contributed by atoms with Crippen LogP contribution >= 0.6 is 0 Å². The summed E-state index contributed by atoms with van der Waals surface area (Å²) in [5, 5.41) is 3.71. The molecule has 2 saturated carbocycles. The summed E-state index contributed by atoms with van der Waals surface area (Å²) in [6, 6.07) is 6.71. The lowest BCUT2D eigenvalue weighted by Crippen LogP contribution is -2.43. The van der Waals surface area contributed by atoms with Crippen LogP contribution in [-0.4, -0.2) is 22.6 Å². The van der Waals surface area contributed by atoms with Gasteiger partial charge in [-0.15, -0.1) is 0 Å². The number of amides is 1. The maximum absolute atomic E-state index is 15.6. The van der Waals surface area contributed by atoms with E-state index in [0.717, 1.165) is 29.3 Å². The van der Waals surface area contributed by atoms with E-state index in [1.54, 1.807) is 25.3 Å². The van der Waals surface area contributed by atoms with E-state index >= 15 is 4.39 Å². The molecule has 3 nitrogen and oxygen atoms in total. The third kappa shape index (κ3) is 3.40. The SMILES string of the molecule is CC(C)NC(=O)C(C)C1(F)CC2CC(c3ccnc4ccc(F)cc34)CC2C1. The number of fused-ring (bicyclic) bond motifs is 2. The number of nitrogens with zero attached hydrogens (tertiary/aromatic N) is 1. The number of pyridine rings is 1. The number of carbonyl (C=O) groups excluding carboxylic acids is 1. The molecule has 1 N–H and O–H groups in total. The maximum Gasteiger partial charge on any atom is 0.226 e. The van der Waals surface area contributed by atoms with Crippen LogP contribution in [0.3, 0.4) is 0 Å². The molecular formula is C23H28F2N2O. The predicted octanol–water partition coefficient (Wildman–Crippen LogP) is 5.15. The van der Waals surface area contributed by atoms with Crippen LogP contribution < -0.4 is 5.32 Å². The van der Waals surface area contributed by atoms with Gasteiger partial charge in [0.25, 0.3) is 0 Å². The fourth-order valence-electron chi connectivity index (χ4n) is 5.41. The van der Waals surface area contributed by atoms with E-state index in [9.17, 15) is 9.18 Å². The van der Waals surface area contributed by atoms with Crippen molar-refractivity contribution in [1.82, 2.24) is 10.3 Å². The summed E-state index contributed by atoms with van der Waals surface area (Å²) < 4.78 is 29.4. The quantitative estimate of drug-likeness (QED) is 0.790. The van der Waals surface area contributed by atoms with Gasteiger partial charge in [0.2, 0.25) is 5.91 Å². The van der Waals surface area contributed by atoms with Crippen molar-refractivity contribution in [3.05, 3.63) is 41.8 Å². The van der Waals surface area contributed by atoms with Crippen molar-refractivity contribution in [3.8, 4) is 0 Å². The molecule has 4 rings (SSSR count). The molecule has 0 aliphatic heterocycles. The number of hydrogen-bond donors (Lipinski definition) is 1. The average molecular weight is 386 g/mol. The van der Waals surface area contributed by atoms with E-state index in [-0.39, 0.29) is 29.6 Å². The molecule has 2 fully saturated rings. The zero-order valence-corrected chi connectivity index (χ0v) is 16.7. The summed E-state index contributed by atoms with van der Waals surface area (Å²) in [7, 11) is 0.